The first-order valence-electron chi connectivity index (χ1n) is 7.05. The van der Waals surface area contributed by atoms with Crippen molar-refractivity contribution in [3.8, 4) is 0 Å². The van der Waals surface area contributed by atoms with Gasteiger partial charge in [0.05, 0.1) is 5.92 Å². The minimum Gasteiger partial charge on any atom is -0.481 e. The van der Waals surface area contributed by atoms with Crippen LogP contribution in [0.25, 0.3) is 0 Å². The molecule has 0 aliphatic heterocycles. The van der Waals surface area contributed by atoms with Gasteiger partial charge in [-0.05, 0) is 37.9 Å². The first-order valence-corrected chi connectivity index (χ1v) is 7.05. The molecule has 0 aromatic heterocycles. The van der Waals surface area contributed by atoms with Crippen LogP contribution in [0.2, 0.25) is 0 Å². The Morgan fingerprint density at radius 1 is 1.21 bits per heavy atom. The van der Waals surface area contributed by atoms with E-state index in [0.717, 1.165) is 25.1 Å². The van der Waals surface area contributed by atoms with Gasteiger partial charge < -0.3 is 5.11 Å². The van der Waals surface area contributed by atoms with E-state index in [0.29, 0.717) is 6.04 Å². The van der Waals surface area contributed by atoms with Gasteiger partial charge in [0.1, 0.15) is 0 Å². The maximum Gasteiger partial charge on any atom is 0.310 e. The van der Waals surface area contributed by atoms with E-state index in [2.05, 4.69) is 25.7 Å². The average Bonchev–Trinajstić information content (AvgIpc) is 2.43. The Morgan fingerprint density at radius 3 is 2.21 bits per heavy atom. The van der Waals surface area contributed by atoms with E-state index in [1.165, 1.54) is 5.56 Å². The zero-order valence-corrected chi connectivity index (χ0v) is 12.4. The Kier molecular flexibility index (Phi) is 6.03. The van der Waals surface area contributed by atoms with Crippen LogP contribution in [0.1, 0.15) is 51.2 Å². The van der Waals surface area contributed by atoms with Gasteiger partial charge in [-0.2, -0.15) is 0 Å². The highest BCUT2D eigenvalue weighted by Gasteiger charge is 2.14. The van der Waals surface area contributed by atoms with Crippen molar-refractivity contribution in [3.63, 3.8) is 0 Å². The summed E-state index contributed by atoms with van der Waals surface area (Å²) < 4.78 is 0. The van der Waals surface area contributed by atoms with Crippen molar-refractivity contribution >= 4 is 5.97 Å². The number of nitrogens with zero attached hydrogens (tertiary/aromatic N) is 1. The Hall–Kier alpha value is -1.35. The van der Waals surface area contributed by atoms with Crippen molar-refractivity contribution in [1.82, 2.24) is 4.90 Å². The Labute approximate surface area is 116 Å². The first kappa shape index (κ1) is 15.7. The molecule has 0 saturated carbocycles. The third kappa shape index (κ3) is 4.35. The van der Waals surface area contributed by atoms with Crippen LogP contribution in [-0.2, 0) is 11.3 Å². The van der Waals surface area contributed by atoms with Gasteiger partial charge in [0.15, 0.2) is 0 Å². The maximum absolute atomic E-state index is 10.9. The molecule has 0 saturated heterocycles. The fourth-order valence-corrected chi connectivity index (χ4v) is 2.13. The SMILES string of the molecule is CCC(C)N(CC)Cc1ccc(C(C)C(=O)O)cc1. The summed E-state index contributed by atoms with van der Waals surface area (Å²) >= 11 is 0. The van der Waals surface area contributed by atoms with Crippen molar-refractivity contribution in [2.75, 3.05) is 6.54 Å². The minimum absolute atomic E-state index is 0.439. The highest BCUT2D eigenvalue weighted by atomic mass is 16.4. The predicted molar refractivity (Wildman–Crippen MR) is 78.3 cm³/mol. The van der Waals surface area contributed by atoms with Gasteiger partial charge in [-0.1, -0.05) is 38.1 Å². The molecule has 0 amide bonds. The van der Waals surface area contributed by atoms with Gasteiger partial charge in [0.2, 0.25) is 0 Å². The monoisotopic (exact) mass is 263 g/mol. The molecule has 19 heavy (non-hydrogen) atoms. The normalized spacial score (nSPS) is 14.4. The molecule has 1 aromatic carbocycles. The number of carbonyl (C=O) groups is 1. The van der Waals surface area contributed by atoms with E-state index < -0.39 is 11.9 Å². The molecule has 2 atom stereocenters. The van der Waals surface area contributed by atoms with E-state index in [1.54, 1.807) is 6.92 Å². The standard InChI is InChI=1S/C16H25NO2/c1-5-12(3)17(6-2)11-14-7-9-15(10-8-14)13(4)16(18)19/h7-10,12-13H,5-6,11H2,1-4H3,(H,18,19). The Bertz CT molecular complexity index is 400. The second-order valence-electron chi connectivity index (χ2n) is 5.12. The number of carboxylic acid groups (broad SMARTS) is 1. The average molecular weight is 263 g/mol. The van der Waals surface area contributed by atoms with Gasteiger partial charge in [-0.15, -0.1) is 0 Å². The number of benzene rings is 1. The summed E-state index contributed by atoms with van der Waals surface area (Å²) in [6.45, 7) is 10.3. The van der Waals surface area contributed by atoms with Crippen LogP contribution in [0.15, 0.2) is 24.3 Å². The lowest BCUT2D eigenvalue weighted by atomic mass is 10.00. The third-order valence-corrected chi connectivity index (χ3v) is 3.86. The second-order valence-corrected chi connectivity index (χ2v) is 5.12. The lowest BCUT2D eigenvalue weighted by Crippen LogP contribution is -2.31. The molecular weight excluding hydrogens is 238 g/mol. The van der Waals surface area contributed by atoms with Gasteiger partial charge >= 0.3 is 5.97 Å². The largest absolute Gasteiger partial charge is 0.481 e. The summed E-state index contributed by atoms with van der Waals surface area (Å²) in [5.74, 6) is -1.21. The molecule has 0 heterocycles. The van der Waals surface area contributed by atoms with Crippen molar-refractivity contribution < 1.29 is 9.90 Å². The summed E-state index contributed by atoms with van der Waals surface area (Å²) in [4.78, 5) is 13.4. The van der Waals surface area contributed by atoms with Crippen molar-refractivity contribution in [2.45, 2.75) is 52.6 Å². The fraction of sp³-hybridized carbons (Fsp3) is 0.562. The van der Waals surface area contributed by atoms with E-state index in [1.807, 2.05) is 24.3 Å². The number of carboxylic acids is 1. The molecule has 3 heteroatoms. The lowest BCUT2D eigenvalue weighted by molar-refractivity contribution is -0.138. The number of hydrogen-bond donors (Lipinski definition) is 1. The summed E-state index contributed by atoms with van der Waals surface area (Å²) in [6.07, 6.45) is 1.14. The maximum atomic E-state index is 10.9. The van der Waals surface area contributed by atoms with Crippen LogP contribution >= 0.6 is 0 Å². The van der Waals surface area contributed by atoms with Crippen LogP contribution in [0.3, 0.4) is 0 Å². The summed E-state index contributed by atoms with van der Waals surface area (Å²) in [6, 6.07) is 8.51. The van der Waals surface area contributed by atoms with Crippen molar-refractivity contribution in [1.29, 1.82) is 0 Å². The molecule has 1 rings (SSSR count). The molecule has 1 N–H and O–H groups in total. The van der Waals surface area contributed by atoms with E-state index >= 15 is 0 Å². The van der Waals surface area contributed by atoms with E-state index in [-0.39, 0.29) is 0 Å². The number of hydrogen-bond acceptors (Lipinski definition) is 2. The van der Waals surface area contributed by atoms with E-state index in [9.17, 15) is 4.79 Å². The van der Waals surface area contributed by atoms with Gasteiger partial charge in [0.25, 0.3) is 0 Å². The smallest absolute Gasteiger partial charge is 0.310 e. The zero-order chi connectivity index (χ0) is 14.4. The highest BCUT2D eigenvalue weighted by Crippen LogP contribution is 2.17. The zero-order valence-electron chi connectivity index (χ0n) is 12.4. The predicted octanol–water partition coefficient (Wildman–Crippen LogP) is 3.50. The van der Waals surface area contributed by atoms with Gasteiger partial charge in [-0.3, -0.25) is 9.69 Å². The van der Waals surface area contributed by atoms with Crippen LogP contribution in [-0.4, -0.2) is 28.6 Å². The van der Waals surface area contributed by atoms with E-state index in [4.69, 9.17) is 5.11 Å². The molecular formula is C16H25NO2. The second kappa shape index (κ2) is 7.29. The molecule has 0 aliphatic carbocycles. The van der Waals surface area contributed by atoms with Crippen molar-refractivity contribution in [3.05, 3.63) is 35.4 Å². The molecule has 0 aliphatic rings. The first-order chi connectivity index (χ1) is 8.99. The topological polar surface area (TPSA) is 40.5 Å². The molecule has 0 radical (unpaired) electrons. The van der Waals surface area contributed by atoms with Crippen LogP contribution in [0, 0.1) is 0 Å². The Balaban J connectivity index is 2.73. The fourth-order valence-electron chi connectivity index (χ4n) is 2.13. The molecule has 1 aromatic rings. The number of rotatable bonds is 7. The van der Waals surface area contributed by atoms with Crippen LogP contribution < -0.4 is 0 Å². The Morgan fingerprint density at radius 2 is 1.79 bits per heavy atom. The summed E-state index contributed by atoms with van der Waals surface area (Å²) in [5, 5.41) is 8.98. The molecule has 0 spiro atoms. The minimum atomic E-state index is -0.775. The van der Waals surface area contributed by atoms with Crippen LogP contribution in [0.4, 0.5) is 0 Å². The molecule has 3 nitrogen and oxygen atoms in total. The third-order valence-electron chi connectivity index (χ3n) is 3.86. The lowest BCUT2D eigenvalue weighted by Gasteiger charge is -2.27. The van der Waals surface area contributed by atoms with Crippen molar-refractivity contribution in [2.24, 2.45) is 0 Å². The molecule has 106 valence electrons. The molecule has 0 fully saturated rings. The molecule has 2 unspecified atom stereocenters. The highest BCUT2D eigenvalue weighted by molar-refractivity contribution is 5.75. The quantitative estimate of drug-likeness (QED) is 0.818. The number of aliphatic carboxylic acids is 1. The van der Waals surface area contributed by atoms with Crippen LogP contribution in [0.5, 0.6) is 0 Å². The summed E-state index contributed by atoms with van der Waals surface area (Å²) in [7, 11) is 0. The van der Waals surface area contributed by atoms with Gasteiger partial charge in [0, 0.05) is 12.6 Å². The summed E-state index contributed by atoms with van der Waals surface area (Å²) in [5.41, 5.74) is 2.10. The van der Waals surface area contributed by atoms with Gasteiger partial charge in [-0.25, -0.2) is 0 Å². The molecule has 0 bridgehead atoms.